The summed E-state index contributed by atoms with van der Waals surface area (Å²) in [4.78, 5) is 24.9. The number of pyridine rings is 1. The lowest BCUT2D eigenvalue weighted by atomic mass is 10.2. The standard InChI is InChI=1S/C20H15Cl2N3O3/c21-16-8-7-13(10-17(16)22)12-25-9-3-5-15(20(25)28)19(27)24-23-11-14-4-1-2-6-18(14)26/h1-11,26H,12H2,(H,24,27)/b23-11-. The van der Waals surface area contributed by atoms with Gasteiger partial charge in [-0.1, -0.05) is 41.4 Å². The number of rotatable bonds is 5. The highest BCUT2D eigenvalue weighted by molar-refractivity contribution is 6.42. The van der Waals surface area contributed by atoms with Crippen molar-refractivity contribution in [2.45, 2.75) is 6.54 Å². The van der Waals surface area contributed by atoms with Gasteiger partial charge in [0.15, 0.2) is 0 Å². The van der Waals surface area contributed by atoms with Gasteiger partial charge < -0.3 is 9.67 Å². The fraction of sp³-hybridized carbons (Fsp3) is 0.0500. The highest BCUT2D eigenvalue weighted by Crippen LogP contribution is 2.22. The number of phenolic OH excluding ortho intramolecular Hbond substituents is 1. The van der Waals surface area contributed by atoms with E-state index in [-0.39, 0.29) is 17.9 Å². The van der Waals surface area contributed by atoms with E-state index < -0.39 is 11.5 Å². The van der Waals surface area contributed by atoms with Crippen LogP contribution in [-0.2, 0) is 6.54 Å². The Labute approximate surface area is 170 Å². The summed E-state index contributed by atoms with van der Waals surface area (Å²) >= 11 is 11.9. The molecule has 0 saturated heterocycles. The Balaban J connectivity index is 1.76. The molecule has 6 nitrogen and oxygen atoms in total. The normalized spacial score (nSPS) is 10.9. The molecule has 1 heterocycles. The fourth-order valence-electron chi connectivity index (χ4n) is 2.49. The second kappa shape index (κ2) is 8.73. The maximum Gasteiger partial charge on any atom is 0.276 e. The number of hydrogen-bond donors (Lipinski definition) is 2. The van der Waals surface area contributed by atoms with Crippen LogP contribution in [0.25, 0.3) is 0 Å². The van der Waals surface area contributed by atoms with Gasteiger partial charge in [0.25, 0.3) is 11.5 Å². The minimum Gasteiger partial charge on any atom is -0.507 e. The number of nitrogens with one attached hydrogen (secondary N) is 1. The van der Waals surface area contributed by atoms with Gasteiger partial charge in [-0.05, 0) is 42.0 Å². The number of hydrazone groups is 1. The van der Waals surface area contributed by atoms with E-state index in [0.717, 1.165) is 5.56 Å². The molecule has 1 aromatic heterocycles. The minimum atomic E-state index is -0.653. The number of halogens is 2. The van der Waals surface area contributed by atoms with Crippen LogP contribution in [0.3, 0.4) is 0 Å². The maximum absolute atomic E-state index is 12.6. The Morgan fingerprint density at radius 3 is 2.64 bits per heavy atom. The van der Waals surface area contributed by atoms with Crippen molar-refractivity contribution in [2.24, 2.45) is 5.10 Å². The largest absolute Gasteiger partial charge is 0.507 e. The molecule has 2 N–H and O–H groups in total. The van der Waals surface area contributed by atoms with Crippen molar-refractivity contribution in [3.8, 4) is 5.75 Å². The molecule has 0 radical (unpaired) electrons. The molecule has 0 bridgehead atoms. The molecule has 2 aromatic carbocycles. The van der Waals surface area contributed by atoms with Crippen LogP contribution in [0.5, 0.6) is 5.75 Å². The van der Waals surface area contributed by atoms with Crippen molar-refractivity contribution >= 4 is 35.3 Å². The molecule has 8 heteroatoms. The summed E-state index contributed by atoms with van der Waals surface area (Å²) in [5, 5.41) is 14.3. The lowest BCUT2D eigenvalue weighted by Crippen LogP contribution is -2.30. The van der Waals surface area contributed by atoms with Crippen LogP contribution in [0.1, 0.15) is 21.5 Å². The molecule has 142 valence electrons. The maximum atomic E-state index is 12.6. The molecule has 3 rings (SSSR count). The topological polar surface area (TPSA) is 83.7 Å². The summed E-state index contributed by atoms with van der Waals surface area (Å²) in [5.41, 5.74) is 2.97. The highest BCUT2D eigenvalue weighted by Gasteiger charge is 2.12. The molecule has 28 heavy (non-hydrogen) atoms. The van der Waals surface area contributed by atoms with Crippen LogP contribution < -0.4 is 11.0 Å². The van der Waals surface area contributed by atoms with Gasteiger partial charge in [0.05, 0.1) is 22.8 Å². The van der Waals surface area contributed by atoms with Crippen molar-refractivity contribution in [1.82, 2.24) is 9.99 Å². The SMILES string of the molecule is O=C(N/N=C\c1ccccc1O)c1cccn(Cc2ccc(Cl)c(Cl)c2)c1=O. The number of aromatic nitrogens is 1. The molecule has 0 fully saturated rings. The van der Waals surface area contributed by atoms with Crippen LogP contribution in [0, 0.1) is 0 Å². The second-order valence-corrected chi connectivity index (χ2v) is 6.68. The van der Waals surface area contributed by atoms with Crippen molar-refractivity contribution in [2.75, 3.05) is 0 Å². The van der Waals surface area contributed by atoms with Gasteiger partial charge in [0.2, 0.25) is 0 Å². The first-order valence-electron chi connectivity index (χ1n) is 8.20. The summed E-state index contributed by atoms with van der Waals surface area (Å²) in [7, 11) is 0. The zero-order valence-corrected chi connectivity index (χ0v) is 16.0. The lowest BCUT2D eigenvalue weighted by molar-refractivity contribution is 0.0953. The Hall–Kier alpha value is -3.09. The first-order valence-corrected chi connectivity index (χ1v) is 8.96. The molecule has 0 unspecified atom stereocenters. The zero-order chi connectivity index (χ0) is 20.1. The molecule has 0 spiro atoms. The van der Waals surface area contributed by atoms with E-state index in [9.17, 15) is 14.7 Å². The molecule has 0 aliphatic heterocycles. The third-order valence-electron chi connectivity index (χ3n) is 3.91. The molecular formula is C20H15Cl2N3O3. The Morgan fingerprint density at radius 1 is 1.11 bits per heavy atom. The third kappa shape index (κ3) is 4.60. The third-order valence-corrected chi connectivity index (χ3v) is 4.65. The van der Waals surface area contributed by atoms with Gasteiger partial charge in [0.1, 0.15) is 11.3 Å². The number of hydrogen-bond acceptors (Lipinski definition) is 4. The van der Waals surface area contributed by atoms with Crippen LogP contribution in [0.2, 0.25) is 10.0 Å². The van der Waals surface area contributed by atoms with Crippen molar-refractivity contribution in [1.29, 1.82) is 0 Å². The van der Waals surface area contributed by atoms with E-state index >= 15 is 0 Å². The quantitative estimate of drug-likeness (QED) is 0.492. The van der Waals surface area contributed by atoms with Crippen molar-refractivity contribution < 1.29 is 9.90 Å². The number of amides is 1. The summed E-state index contributed by atoms with van der Waals surface area (Å²) < 4.78 is 1.39. The molecule has 3 aromatic rings. The average molecular weight is 416 g/mol. The van der Waals surface area contributed by atoms with Gasteiger partial charge in [-0.15, -0.1) is 0 Å². The van der Waals surface area contributed by atoms with E-state index in [2.05, 4.69) is 10.5 Å². The van der Waals surface area contributed by atoms with Crippen LogP contribution in [0.4, 0.5) is 0 Å². The predicted molar refractivity (Wildman–Crippen MR) is 109 cm³/mol. The number of aromatic hydroxyl groups is 1. The summed E-state index contributed by atoms with van der Waals surface area (Å²) in [6, 6.07) is 14.6. The van der Waals surface area contributed by atoms with Gasteiger partial charge in [-0.3, -0.25) is 9.59 Å². The number of benzene rings is 2. The van der Waals surface area contributed by atoms with Crippen molar-refractivity contribution in [3.63, 3.8) is 0 Å². The van der Waals surface area contributed by atoms with E-state index in [4.69, 9.17) is 23.2 Å². The predicted octanol–water partition coefficient (Wildman–Crippen LogP) is 3.67. The first kappa shape index (κ1) is 19.7. The molecule has 0 aliphatic rings. The Bertz CT molecular complexity index is 1110. The molecular weight excluding hydrogens is 401 g/mol. The fourth-order valence-corrected chi connectivity index (χ4v) is 2.81. The van der Waals surface area contributed by atoms with E-state index in [1.807, 2.05) is 0 Å². The Kier molecular flexibility index (Phi) is 6.13. The van der Waals surface area contributed by atoms with Gasteiger partial charge in [0, 0.05) is 11.8 Å². The van der Waals surface area contributed by atoms with Gasteiger partial charge in [-0.2, -0.15) is 5.10 Å². The number of carbonyl (C=O) groups is 1. The van der Waals surface area contributed by atoms with E-state index in [0.29, 0.717) is 15.6 Å². The van der Waals surface area contributed by atoms with Crippen LogP contribution in [-0.4, -0.2) is 21.8 Å². The molecule has 0 aliphatic carbocycles. The van der Waals surface area contributed by atoms with Crippen molar-refractivity contribution in [3.05, 3.63) is 97.9 Å². The van der Waals surface area contributed by atoms with Gasteiger partial charge >= 0.3 is 0 Å². The second-order valence-electron chi connectivity index (χ2n) is 5.86. The smallest absolute Gasteiger partial charge is 0.276 e. The first-order chi connectivity index (χ1) is 13.5. The minimum absolute atomic E-state index is 0.0317. The van der Waals surface area contributed by atoms with E-state index in [1.54, 1.807) is 48.7 Å². The van der Waals surface area contributed by atoms with E-state index in [1.165, 1.54) is 22.9 Å². The number of carbonyl (C=O) groups excluding carboxylic acids is 1. The average Bonchev–Trinajstić information content (AvgIpc) is 2.68. The summed E-state index contributed by atoms with van der Waals surface area (Å²) in [6.45, 7) is 0.234. The summed E-state index contributed by atoms with van der Waals surface area (Å²) in [6.07, 6.45) is 2.87. The number of phenols is 1. The number of para-hydroxylation sites is 1. The van der Waals surface area contributed by atoms with Gasteiger partial charge in [-0.25, -0.2) is 5.43 Å². The zero-order valence-electron chi connectivity index (χ0n) is 14.5. The molecule has 1 amide bonds. The van der Waals surface area contributed by atoms with Crippen LogP contribution >= 0.6 is 23.2 Å². The molecule has 0 saturated carbocycles. The highest BCUT2D eigenvalue weighted by atomic mass is 35.5. The lowest BCUT2D eigenvalue weighted by Gasteiger charge is -2.08. The monoisotopic (exact) mass is 415 g/mol. The summed E-state index contributed by atoms with van der Waals surface area (Å²) in [5.74, 6) is -0.621. The molecule has 0 atom stereocenters. The Morgan fingerprint density at radius 2 is 1.89 bits per heavy atom. The van der Waals surface area contributed by atoms with Crippen LogP contribution in [0.15, 0.2) is 70.7 Å². The number of nitrogens with zero attached hydrogens (tertiary/aromatic N) is 2.